The van der Waals surface area contributed by atoms with E-state index in [0.717, 1.165) is 23.4 Å². The number of ether oxygens (including phenoxy) is 2. The van der Waals surface area contributed by atoms with Crippen LogP contribution in [0.3, 0.4) is 0 Å². The first kappa shape index (κ1) is 16.9. The number of nitrogens with two attached hydrogens (primary N) is 1. The average molecular weight is 296 g/mol. The Morgan fingerprint density at radius 3 is 2.60 bits per heavy atom. The predicted octanol–water partition coefficient (Wildman–Crippen LogP) is 2.12. The number of hydrogen-bond donors (Lipinski definition) is 1. The second-order valence-electron chi connectivity index (χ2n) is 4.88. The van der Waals surface area contributed by atoms with Crippen molar-refractivity contribution in [3.05, 3.63) is 29.3 Å². The summed E-state index contributed by atoms with van der Waals surface area (Å²) in [4.78, 5) is 2.64. The largest absolute Gasteiger partial charge is 0.389 e. The zero-order valence-electron chi connectivity index (χ0n) is 12.7. The van der Waals surface area contributed by atoms with Gasteiger partial charge in [-0.3, -0.25) is 0 Å². The van der Waals surface area contributed by atoms with Gasteiger partial charge in [-0.25, -0.2) is 0 Å². The van der Waals surface area contributed by atoms with Crippen LogP contribution in [0.5, 0.6) is 0 Å². The third-order valence-electron chi connectivity index (χ3n) is 3.20. The van der Waals surface area contributed by atoms with E-state index in [4.69, 9.17) is 27.4 Å². The lowest BCUT2D eigenvalue weighted by Gasteiger charge is -2.32. The summed E-state index contributed by atoms with van der Waals surface area (Å²) in [6, 6.07) is 6.37. The van der Waals surface area contributed by atoms with Crippen LogP contribution in [0, 0.1) is 6.92 Å². The molecule has 1 rings (SSSR count). The summed E-state index contributed by atoms with van der Waals surface area (Å²) in [5.41, 5.74) is 8.94. The van der Waals surface area contributed by atoms with Crippen LogP contribution in [0.2, 0.25) is 0 Å². The monoisotopic (exact) mass is 296 g/mol. The molecule has 4 nitrogen and oxygen atoms in total. The summed E-state index contributed by atoms with van der Waals surface area (Å²) < 4.78 is 10.5. The Kier molecular flexibility index (Phi) is 6.91. The van der Waals surface area contributed by atoms with E-state index >= 15 is 0 Å². The number of aryl methyl sites for hydroxylation is 1. The van der Waals surface area contributed by atoms with Crippen LogP contribution in [0.25, 0.3) is 0 Å². The van der Waals surface area contributed by atoms with Crippen LogP contribution in [-0.2, 0) is 9.47 Å². The molecule has 1 unspecified atom stereocenters. The molecule has 0 aliphatic carbocycles. The molecule has 0 saturated carbocycles. The van der Waals surface area contributed by atoms with E-state index in [9.17, 15) is 0 Å². The summed E-state index contributed by atoms with van der Waals surface area (Å²) in [7, 11) is 3.40. The Balaban J connectivity index is 3.14. The van der Waals surface area contributed by atoms with Gasteiger partial charge < -0.3 is 20.1 Å². The molecule has 0 aliphatic heterocycles. The highest BCUT2D eigenvalue weighted by molar-refractivity contribution is 7.80. The zero-order chi connectivity index (χ0) is 15.1. The molecule has 1 atom stereocenters. The van der Waals surface area contributed by atoms with Gasteiger partial charge in [0.05, 0.1) is 13.2 Å². The molecule has 0 aliphatic rings. The molecule has 0 bridgehead atoms. The molecule has 0 amide bonds. The third kappa shape index (κ3) is 4.44. The zero-order valence-corrected chi connectivity index (χ0v) is 13.5. The van der Waals surface area contributed by atoms with Crippen molar-refractivity contribution in [1.82, 2.24) is 0 Å². The fourth-order valence-corrected chi connectivity index (χ4v) is 2.36. The topological polar surface area (TPSA) is 47.7 Å². The fourth-order valence-electron chi connectivity index (χ4n) is 2.20. The van der Waals surface area contributed by atoms with E-state index in [1.54, 1.807) is 14.2 Å². The Morgan fingerprint density at radius 2 is 2.05 bits per heavy atom. The van der Waals surface area contributed by atoms with Crippen molar-refractivity contribution in [3.8, 4) is 0 Å². The minimum Gasteiger partial charge on any atom is -0.389 e. The maximum absolute atomic E-state index is 5.87. The maximum Gasteiger partial charge on any atom is 0.106 e. The van der Waals surface area contributed by atoms with Crippen LogP contribution < -0.4 is 10.6 Å². The first-order valence-electron chi connectivity index (χ1n) is 6.66. The van der Waals surface area contributed by atoms with Crippen LogP contribution in [-0.4, -0.2) is 45.0 Å². The Morgan fingerprint density at radius 1 is 1.35 bits per heavy atom. The van der Waals surface area contributed by atoms with Crippen molar-refractivity contribution in [2.45, 2.75) is 19.9 Å². The van der Waals surface area contributed by atoms with Gasteiger partial charge in [0, 0.05) is 38.1 Å². The predicted molar refractivity (Wildman–Crippen MR) is 87.6 cm³/mol. The summed E-state index contributed by atoms with van der Waals surface area (Å²) in [6.07, 6.45) is 0. The lowest BCUT2D eigenvalue weighted by Crippen LogP contribution is -2.39. The molecular formula is C15H24N2O2S. The van der Waals surface area contributed by atoms with Gasteiger partial charge in [-0.15, -0.1) is 0 Å². The molecule has 0 fully saturated rings. The van der Waals surface area contributed by atoms with Crippen molar-refractivity contribution >= 4 is 22.9 Å². The van der Waals surface area contributed by atoms with Crippen molar-refractivity contribution in [2.24, 2.45) is 5.73 Å². The minimum absolute atomic E-state index is 0.214. The first-order chi connectivity index (χ1) is 9.51. The summed E-state index contributed by atoms with van der Waals surface area (Å²) in [6.45, 7) is 6.18. The summed E-state index contributed by atoms with van der Waals surface area (Å²) >= 11 is 5.18. The van der Waals surface area contributed by atoms with Crippen LogP contribution in [0.15, 0.2) is 18.2 Å². The molecule has 0 spiro atoms. The van der Waals surface area contributed by atoms with Gasteiger partial charge in [0.1, 0.15) is 4.99 Å². The van der Waals surface area contributed by atoms with Gasteiger partial charge in [-0.05, 0) is 26.0 Å². The van der Waals surface area contributed by atoms with Gasteiger partial charge in [0.2, 0.25) is 0 Å². The third-order valence-corrected chi connectivity index (χ3v) is 3.42. The maximum atomic E-state index is 5.87. The molecule has 0 radical (unpaired) electrons. The summed E-state index contributed by atoms with van der Waals surface area (Å²) in [5, 5.41) is 0. The molecule has 0 saturated heterocycles. The van der Waals surface area contributed by atoms with E-state index in [2.05, 4.69) is 24.0 Å². The van der Waals surface area contributed by atoms with Crippen LogP contribution in [0.4, 0.5) is 5.69 Å². The van der Waals surface area contributed by atoms with Gasteiger partial charge in [-0.2, -0.15) is 0 Å². The highest BCUT2D eigenvalue weighted by Crippen LogP contribution is 2.24. The normalized spacial score (nSPS) is 12.2. The lowest BCUT2D eigenvalue weighted by molar-refractivity contribution is 0.171. The molecule has 0 aromatic heterocycles. The van der Waals surface area contributed by atoms with Crippen LogP contribution in [0.1, 0.15) is 18.1 Å². The number of anilines is 1. The lowest BCUT2D eigenvalue weighted by atomic mass is 10.1. The SMILES string of the molecule is COCCN(c1ccc(C)cc1C(N)=S)C(C)COC. The molecule has 1 aromatic carbocycles. The van der Waals surface area contributed by atoms with E-state index in [0.29, 0.717) is 18.2 Å². The summed E-state index contributed by atoms with van der Waals surface area (Å²) in [5.74, 6) is 0. The smallest absolute Gasteiger partial charge is 0.106 e. The Bertz CT molecular complexity index is 451. The molecule has 0 heterocycles. The molecule has 5 heteroatoms. The molecule has 20 heavy (non-hydrogen) atoms. The van der Waals surface area contributed by atoms with E-state index in [1.807, 2.05) is 13.0 Å². The Hall–Kier alpha value is -1.17. The minimum atomic E-state index is 0.214. The highest BCUT2D eigenvalue weighted by Gasteiger charge is 2.18. The number of nitrogens with zero attached hydrogens (tertiary/aromatic N) is 1. The second-order valence-corrected chi connectivity index (χ2v) is 5.32. The highest BCUT2D eigenvalue weighted by atomic mass is 32.1. The number of rotatable bonds is 8. The number of hydrogen-bond acceptors (Lipinski definition) is 4. The van der Waals surface area contributed by atoms with Gasteiger partial charge in [0.25, 0.3) is 0 Å². The number of methoxy groups -OCH3 is 2. The van der Waals surface area contributed by atoms with Crippen molar-refractivity contribution in [3.63, 3.8) is 0 Å². The van der Waals surface area contributed by atoms with Gasteiger partial charge in [-0.1, -0.05) is 23.8 Å². The van der Waals surface area contributed by atoms with E-state index in [1.165, 1.54) is 0 Å². The van der Waals surface area contributed by atoms with Crippen molar-refractivity contribution < 1.29 is 9.47 Å². The van der Waals surface area contributed by atoms with E-state index < -0.39 is 0 Å². The van der Waals surface area contributed by atoms with Gasteiger partial charge in [0.15, 0.2) is 0 Å². The number of thiocarbonyl (C=S) groups is 1. The fraction of sp³-hybridized carbons (Fsp3) is 0.533. The van der Waals surface area contributed by atoms with Gasteiger partial charge >= 0.3 is 0 Å². The van der Waals surface area contributed by atoms with Crippen LogP contribution >= 0.6 is 12.2 Å². The Labute approximate surface area is 126 Å². The molecule has 112 valence electrons. The molecule has 1 aromatic rings. The second kappa shape index (κ2) is 8.19. The quantitative estimate of drug-likeness (QED) is 0.745. The van der Waals surface area contributed by atoms with Crippen molar-refractivity contribution in [2.75, 3.05) is 38.9 Å². The first-order valence-corrected chi connectivity index (χ1v) is 7.07. The molecular weight excluding hydrogens is 272 g/mol. The molecule has 2 N–H and O–H groups in total. The van der Waals surface area contributed by atoms with Crippen molar-refractivity contribution in [1.29, 1.82) is 0 Å². The number of benzene rings is 1. The van der Waals surface area contributed by atoms with E-state index in [-0.39, 0.29) is 6.04 Å². The standard InChI is InChI=1S/C15H24N2O2S/c1-11-5-6-14(13(9-11)15(16)20)17(7-8-18-3)12(2)10-19-4/h5-6,9,12H,7-8,10H2,1-4H3,(H2,16,20). The average Bonchev–Trinajstić information content (AvgIpc) is 2.40.